The summed E-state index contributed by atoms with van der Waals surface area (Å²) in [5.41, 5.74) is 0.191. The van der Waals surface area contributed by atoms with E-state index in [1.54, 1.807) is 30.3 Å². The van der Waals surface area contributed by atoms with Gasteiger partial charge in [0, 0.05) is 23.1 Å². The third-order valence-corrected chi connectivity index (χ3v) is 5.31. The van der Waals surface area contributed by atoms with Crippen LogP contribution >= 0.6 is 0 Å². The van der Waals surface area contributed by atoms with Gasteiger partial charge in [0.2, 0.25) is 0 Å². The van der Waals surface area contributed by atoms with E-state index < -0.39 is 13.0 Å². The zero-order valence-corrected chi connectivity index (χ0v) is 15.1. The van der Waals surface area contributed by atoms with E-state index in [1.807, 2.05) is 13.8 Å². The fourth-order valence-electron chi connectivity index (χ4n) is 2.75. The van der Waals surface area contributed by atoms with E-state index in [-0.39, 0.29) is 22.1 Å². The number of alkyl halides is 2. The Labute approximate surface area is 148 Å². The Kier molecular flexibility index (Phi) is 4.50. The average Bonchev–Trinajstić information content (AvgIpc) is 2.58. The molecular formula is C20H23BF2O2. The quantitative estimate of drug-likeness (QED) is 0.770. The third kappa shape index (κ3) is 3.35. The van der Waals surface area contributed by atoms with Crippen LogP contribution in [0.5, 0.6) is 0 Å². The number of hydrogen-bond donors (Lipinski definition) is 0. The summed E-state index contributed by atoms with van der Waals surface area (Å²) in [6, 6.07) is 14.0. The lowest BCUT2D eigenvalue weighted by molar-refractivity contribution is -0.0937. The van der Waals surface area contributed by atoms with E-state index in [4.69, 9.17) is 9.31 Å². The van der Waals surface area contributed by atoms with Crippen molar-refractivity contribution in [3.63, 3.8) is 0 Å². The van der Waals surface area contributed by atoms with Crippen molar-refractivity contribution < 1.29 is 18.1 Å². The second-order valence-corrected chi connectivity index (χ2v) is 7.72. The number of benzene rings is 2. The molecule has 0 N–H and O–H groups in total. The molecule has 1 aliphatic heterocycles. The van der Waals surface area contributed by atoms with Crippen LogP contribution in [0.15, 0.2) is 54.6 Å². The zero-order chi connectivity index (χ0) is 18.3. The van der Waals surface area contributed by atoms with E-state index >= 15 is 0 Å². The Morgan fingerprint density at radius 1 is 0.880 bits per heavy atom. The SMILES string of the molecule is CC1(C)COB(c2ccc(C(F)(F)c3ccccc3)cc2)OC1(C)C. The first-order valence-corrected chi connectivity index (χ1v) is 8.47. The van der Waals surface area contributed by atoms with Crippen molar-refractivity contribution >= 4 is 12.6 Å². The van der Waals surface area contributed by atoms with Gasteiger partial charge in [0.1, 0.15) is 0 Å². The summed E-state index contributed by atoms with van der Waals surface area (Å²) in [6.07, 6.45) is 0. The van der Waals surface area contributed by atoms with Crippen LogP contribution < -0.4 is 5.46 Å². The van der Waals surface area contributed by atoms with Gasteiger partial charge in [-0.3, -0.25) is 0 Å². The molecule has 2 nitrogen and oxygen atoms in total. The molecule has 1 fully saturated rings. The minimum absolute atomic E-state index is 0.0178. The van der Waals surface area contributed by atoms with Crippen LogP contribution in [0.4, 0.5) is 8.78 Å². The van der Waals surface area contributed by atoms with Gasteiger partial charge < -0.3 is 9.31 Å². The van der Waals surface area contributed by atoms with Crippen LogP contribution in [-0.2, 0) is 15.2 Å². The Morgan fingerprint density at radius 3 is 2.00 bits per heavy atom. The molecule has 2 aromatic rings. The Hall–Kier alpha value is -1.72. The minimum Gasteiger partial charge on any atom is -0.407 e. The maximum absolute atomic E-state index is 14.6. The normalized spacial score (nSPS) is 19.7. The van der Waals surface area contributed by atoms with Crippen LogP contribution in [0.25, 0.3) is 0 Å². The summed E-state index contributed by atoms with van der Waals surface area (Å²) in [5, 5.41) is 0. The molecule has 0 aromatic heterocycles. The Morgan fingerprint density at radius 2 is 1.44 bits per heavy atom. The molecule has 0 unspecified atom stereocenters. The van der Waals surface area contributed by atoms with Gasteiger partial charge in [-0.15, -0.1) is 0 Å². The lowest BCUT2D eigenvalue weighted by Crippen LogP contribution is -2.58. The van der Waals surface area contributed by atoms with Crippen molar-refractivity contribution in [3.05, 3.63) is 65.7 Å². The zero-order valence-electron chi connectivity index (χ0n) is 15.1. The average molecular weight is 344 g/mol. The van der Waals surface area contributed by atoms with Gasteiger partial charge in [0.05, 0.1) is 5.60 Å². The lowest BCUT2D eigenvalue weighted by Gasteiger charge is -2.47. The molecule has 1 aliphatic rings. The summed E-state index contributed by atoms with van der Waals surface area (Å²) >= 11 is 0. The van der Waals surface area contributed by atoms with E-state index in [9.17, 15) is 8.78 Å². The van der Waals surface area contributed by atoms with Crippen LogP contribution in [-0.4, -0.2) is 19.3 Å². The van der Waals surface area contributed by atoms with Gasteiger partial charge in [-0.25, -0.2) is 0 Å². The summed E-state index contributed by atoms with van der Waals surface area (Å²) in [5.74, 6) is -3.03. The van der Waals surface area contributed by atoms with E-state index in [1.165, 1.54) is 24.3 Å². The van der Waals surface area contributed by atoms with Crippen LogP contribution in [0.2, 0.25) is 0 Å². The highest BCUT2D eigenvalue weighted by Gasteiger charge is 2.47. The first kappa shape index (κ1) is 18.1. The van der Waals surface area contributed by atoms with Gasteiger partial charge >= 0.3 is 7.12 Å². The lowest BCUT2D eigenvalue weighted by atomic mass is 9.69. The number of hydrogen-bond acceptors (Lipinski definition) is 2. The van der Waals surface area contributed by atoms with Crippen LogP contribution in [0.1, 0.15) is 38.8 Å². The van der Waals surface area contributed by atoms with Crippen molar-refractivity contribution in [1.82, 2.24) is 0 Å². The molecular weight excluding hydrogens is 321 g/mol. The molecule has 2 aromatic carbocycles. The maximum Gasteiger partial charge on any atom is 0.494 e. The van der Waals surface area contributed by atoms with E-state index in [2.05, 4.69) is 13.8 Å². The number of rotatable bonds is 3. The topological polar surface area (TPSA) is 18.5 Å². The van der Waals surface area contributed by atoms with Gasteiger partial charge in [0.25, 0.3) is 5.92 Å². The highest BCUT2D eigenvalue weighted by Crippen LogP contribution is 2.38. The highest BCUT2D eigenvalue weighted by atomic mass is 19.3. The first-order chi connectivity index (χ1) is 11.6. The maximum atomic E-state index is 14.6. The predicted molar refractivity (Wildman–Crippen MR) is 96.2 cm³/mol. The molecule has 132 valence electrons. The Bertz CT molecular complexity index is 727. The highest BCUT2D eigenvalue weighted by molar-refractivity contribution is 6.61. The molecule has 1 heterocycles. The van der Waals surface area contributed by atoms with Gasteiger partial charge in [0.15, 0.2) is 0 Å². The molecule has 0 bridgehead atoms. The standard InChI is InChI=1S/C20H23BF2O2/c1-18(2)14-24-21(25-19(18,3)4)17-12-10-16(11-13-17)20(22,23)15-8-6-5-7-9-15/h5-13H,14H2,1-4H3. The molecule has 0 aliphatic carbocycles. The molecule has 0 radical (unpaired) electrons. The molecule has 0 spiro atoms. The van der Waals surface area contributed by atoms with Gasteiger partial charge in [-0.2, -0.15) is 8.78 Å². The fourth-order valence-corrected chi connectivity index (χ4v) is 2.75. The van der Waals surface area contributed by atoms with Gasteiger partial charge in [-0.1, -0.05) is 68.4 Å². The number of halogens is 2. The second-order valence-electron chi connectivity index (χ2n) is 7.72. The van der Waals surface area contributed by atoms with Crippen molar-refractivity contribution in [3.8, 4) is 0 Å². The van der Waals surface area contributed by atoms with Crippen molar-refractivity contribution in [2.45, 2.75) is 39.2 Å². The molecule has 0 atom stereocenters. The van der Waals surface area contributed by atoms with E-state index in [0.717, 1.165) is 5.46 Å². The summed E-state index contributed by atoms with van der Waals surface area (Å²) in [6.45, 7) is 8.78. The molecule has 5 heteroatoms. The third-order valence-electron chi connectivity index (χ3n) is 5.31. The molecule has 25 heavy (non-hydrogen) atoms. The minimum atomic E-state index is -3.03. The molecule has 1 saturated heterocycles. The summed E-state index contributed by atoms with van der Waals surface area (Å²) in [7, 11) is -0.539. The van der Waals surface area contributed by atoms with Crippen LogP contribution in [0.3, 0.4) is 0 Å². The molecule has 0 saturated carbocycles. The van der Waals surface area contributed by atoms with Crippen molar-refractivity contribution in [2.75, 3.05) is 6.61 Å². The molecule has 3 rings (SSSR count). The smallest absolute Gasteiger partial charge is 0.407 e. The Balaban J connectivity index is 1.82. The van der Waals surface area contributed by atoms with Crippen LogP contribution in [0, 0.1) is 5.41 Å². The summed E-state index contributed by atoms with van der Waals surface area (Å²) < 4.78 is 41.1. The van der Waals surface area contributed by atoms with E-state index in [0.29, 0.717) is 6.61 Å². The van der Waals surface area contributed by atoms with Crippen molar-refractivity contribution in [2.24, 2.45) is 5.41 Å². The van der Waals surface area contributed by atoms with Crippen molar-refractivity contribution in [1.29, 1.82) is 0 Å². The first-order valence-electron chi connectivity index (χ1n) is 8.47. The van der Waals surface area contributed by atoms with Gasteiger partial charge in [-0.05, 0) is 19.3 Å². The monoisotopic (exact) mass is 344 g/mol. The second kappa shape index (κ2) is 6.22. The predicted octanol–water partition coefficient (Wildman–Crippen LogP) is 4.37. The largest absolute Gasteiger partial charge is 0.494 e. The fraction of sp³-hybridized carbons (Fsp3) is 0.400. The summed E-state index contributed by atoms with van der Waals surface area (Å²) in [4.78, 5) is 0. The molecule has 0 amide bonds.